The van der Waals surface area contributed by atoms with Crippen LogP contribution in [0.15, 0.2) is 34.3 Å². The number of halogens is 1. The third-order valence-corrected chi connectivity index (χ3v) is 4.99. The van der Waals surface area contributed by atoms with Crippen LogP contribution in [-0.4, -0.2) is 25.3 Å². The maximum absolute atomic E-state index is 11.2. The zero-order chi connectivity index (χ0) is 14.6. The Morgan fingerprint density at radius 3 is 3.19 bits per heavy atom. The van der Waals surface area contributed by atoms with Gasteiger partial charge in [-0.15, -0.1) is 0 Å². The summed E-state index contributed by atoms with van der Waals surface area (Å²) in [5.41, 5.74) is 1.19. The standard InChI is InChI=1S/C16H17ClO4/c1-19-13(18)4-2-3-8-5-9(17)6-10-14-11(20-15(8)10)7-12-16(14)21-12/h5-6,10-11,14-15H,2-4,7H2,1H3/t10?,11-,14-,15?/m1/s1. The third-order valence-electron chi connectivity index (χ3n) is 4.76. The monoisotopic (exact) mass is 308 g/mol. The Bertz CT molecular complexity index is 589. The first-order chi connectivity index (χ1) is 10.2. The smallest absolute Gasteiger partial charge is 0.305 e. The minimum atomic E-state index is -0.171. The largest absolute Gasteiger partial charge is 0.469 e. The summed E-state index contributed by atoms with van der Waals surface area (Å²) in [5, 5.41) is 0.767. The van der Waals surface area contributed by atoms with Crippen molar-refractivity contribution in [2.24, 2.45) is 11.8 Å². The van der Waals surface area contributed by atoms with Crippen molar-refractivity contribution in [3.05, 3.63) is 34.3 Å². The minimum absolute atomic E-state index is 0.0818. The van der Waals surface area contributed by atoms with E-state index in [-0.39, 0.29) is 24.1 Å². The molecule has 0 aromatic heterocycles. The molecule has 0 radical (unpaired) electrons. The number of carbonyl (C=O) groups excluding carboxylic acids is 1. The van der Waals surface area contributed by atoms with Crippen LogP contribution in [-0.2, 0) is 19.0 Å². The Morgan fingerprint density at radius 1 is 1.52 bits per heavy atom. The first-order valence-corrected chi connectivity index (χ1v) is 7.76. The lowest BCUT2D eigenvalue weighted by Crippen LogP contribution is -2.24. The molecular formula is C16H17ClO4. The van der Waals surface area contributed by atoms with Crippen molar-refractivity contribution in [3.8, 4) is 0 Å². The molecule has 0 spiro atoms. The first kappa shape index (κ1) is 13.4. The molecule has 2 unspecified atom stereocenters. The van der Waals surface area contributed by atoms with Gasteiger partial charge in [-0.25, -0.2) is 0 Å². The molecule has 2 aliphatic heterocycles. The quantitative estimate of drug-likeness (QED) is 0.749. The molecule has 4 rings (SSSR count). The van der Waals surface area contributed by atoms with Crippen LogP contribution in [0.25, 0.3) is 0 Å². The third kappa shape index (κ3) is 2.21. The van der Waals surface area contributed by atoms with E-state index in [4.69, 9.17) is 21.1 Å². The summed E-state index contributed by atoms with van der Waals surface area (Å²) in [6.07, 6.45) is 7.30. The highest BCUT2D eigenvalue weighted by Gasteiger charge is 2.57. The molecule has 0 aromatic carbocycles. The minimum Gasteiger partial charge on any atom is -0.469 e. The van der Waals surface area contributed by atoms with Gasteiger partial charge in [0.25, 0.3) is 0 Å². The number of rotatable bonds is 4. The SMILES string of the molecule is COC(=O)CCCC1=CC(Cl)=CC2C1O[C@@H]1CC3=C(O3)[C@H]21. The van der Waals surface area contributed by atoms with Crippen LogP contribution < -0.4 is 0 Å². The van der Waals surface area contributed by atoms with E-state index in [0.717, 1.165) is 35.8 Å². The van der Waals surface area contributed by atoms with Gasteiger partial charge in [-0.1, -0.05) is 17.7 Å². The summed E-state index contributed by atoms with van der Waals surface area (Å²) in [4.78, 5) is 11.2. The number of hydrogen-bond acceptors (Lipinski definition) is 4. The summed E-state index contributed by atoms with van der Waals surface area (Å²) in [5.74, 6) is 2.69. The van der Waals surface area contributed by atoms with Crippen LogP contribution in [0.3, 0.4) is 0 Å². The van der Waals surface area contributed by atoms with Gasteiger partial charge in [-0.3, -0.25) is 4.79 Å². The fourth-order valence-electron chi connectivity index (χ4n) is 3.77. The topological polar surface area (TPSA) is 48.1 Å². The summed E-state index contributed by atoms with van der Waals surface area (Å²) in [6, 6.07) is 0. The van der Waals surface area contributed by atoms with Gasteiger partial charge in [0.2, 0.25) is 0 Å². The molecule has 4 aliphatic rings. The van der Waals surface area contributed by atoms with Crippen LogP contribution in [0.5, 0.6) is 0 Å². The molecule has 21 heavy (non-hydrogen) atoms. The van der Waals surface area contributed by atoms with Crippen molar-refractivity contribution < 1.29 is 19.0 Å². The molecule has 0 aromatic rings. The molecular weight excluding hydrogens is 292 g/mol. The van der Waals surface area contributed by atoms with E-state index in [1.807, 2.05) is 6.08 Å². The number of methoxy groups -OCH3 is 1. The Morgan fingerprint density at radius 2 is 2.38 bits per heavy atom. The molecule has 0 saturated carbocycles. The molecule has 5 heteroatoms. The van der Waals surface area contributed by atoms with Crippen molar-refractivity contribution in [3.63, 3.8) is 0 Å². The number of allylic oxidation sites excluding steroid dienone is 2. The second kappa shape index (κ2) is 4.89. The highest BCUT2D eigenvalue weighted by molar-refractivity contribution is 6.31. The van der Waals surface area contributed by atoms with E-state index in [1.165, 1.54) is 12.7 Å². The van der Waals surface area contributed by atoms with Crippen molar-refractivity contribution >= 4 is 17.6 Å². The Hall–Kier alpha value is -1.26. The Balaban J connectivity index is 1.47. The average Bonchev–Trinajstić information content (AvgIpc) is 2.97. The van der Waals surface area contributed by atoms with Gasteiger partial charge in [-0.2, -0.15) is 0 Å². The maximum Gasteiger partial charge on any atom is 0.305 e. The second-order valence-corrected chi connectivity index (χ2v) is 6.43. The average molecular weight is 309 g/mol. The van der Waals surface area contributed by atoms with E-state index < -0.39 is 0 Å². The summed E-state index contributed by atoms with van der Waals surface area (Å²) >= 11 is 6.28. The van der Waals surface area contributed by atoms with E-state index in [9.17, 15) is 4.79 Å². The Kier molecular flexibility index (Phi) is 3.12. The summed E-state index contributed by atoms with van der Waals surface area (Å²) in [6.45, 7) is 0. The zero-order valence-corrected chi connectivity index (χ0v) is 12.6. The lowest BCUT2D eigenvalue weighted by molar-refractivity contribution is -0.140. The van der Waals surface area contributed by atoms with Gasteiger partial charge >= 0.3 is 5.97 Å². The van der Waals surface area contributed by atoms with E-state index in [2.05, 4.69) is 10.8 Å². The van der Waals surface area contributed by atoms with Crippen LogP contribution >= 0.6 is 11.6 Å². The van der Waals surface area contributed by atoms with Crippen molar-refractivity contribution in [1.82, 2.24) is 0 Å². The van der Waals surface area contributed by atoms with E-state index in [1.54, 1.807) is 0 Å². The Labute approximate surface area is 128 Å². The van der Waals surface area contributed by atoms with Crippen LogP contribution in [0.2, 0.25) is 0 Å². The van der Waals surface area contributed by atoms with Gasteiger partial charge in [0.1, 0.15) is 11.5 Å². The van der Waals surface area contributed by atoms with Gasteiger partial charge in [0.05, 0.1) is 25.2 Å². The fraction of sp³-hybridized carbons (Fsp3) is 0.562. The van der Waals surface area contributed by atoms with E-state index in [0.29, 0.717) is 12.3 Å². The molecule has 4 atom stereocenters. The fourth-order valence-corrected chi connectivity index (χ4v) is 4.06. The number of esters is 1. The van der Waals surface area contributed by atoms with Gasteiger partial charge in [-0.05, 0) is 24.5 Å². The molecule has 1 saturated heterocycles. The molecule has 0 amide bonds. The lowest BCUT2D eigenvalue weighted by Gasteiger charge is -2.24. The predicted octanol–water partition coefficient (Wildman–Crippen LogP) is 3.04. The highest BCUT2D eigenvalue weighted by atomic mass is 35.5. The normalized spacial score (nSPS) is 35.3. The maximum atomic E-state index is 11.2. The van der Waals surface area contributed by atoms with Gasteiger partial charge < -0.3 is 14.2 Å². The predicted molar refractivity (Wildman–Crippen MR) is 76.3 cm³/mol. The molecule has 112 valence electrons. The molecule has 0 bridgehead atoms. The van der Waals surface area contributed by atoms with Crippen LogP contribution in [0.4, 0.5) is 0 Å². The number of ether oxygens (including phenoxy) is 3. The van der Waals surface area contributed by atoms with Crippen molar-refractivity contribution in [2.45, 2.75) is 37.9 Å². The van der Waals surface area contributed by atoms with Crippen LogP contribution in [0, 0.1) is 11.8 Å². The summed E-state index contributed by atoms with van der Waals surface area (Å²) < 4.78 is 16.4. The first-order valence-electron chi connectivity index (χ1n) is 7.38. The molecule has 1 fully saturated rings. The van der Waals surface area contributed by atoms with Crippen LogP contribution in [0.1, 0.15) is 25.7 Å². The zero-order valence-electron chi connectivity index (χ0n) is 11.8. The summed E-state index contributed by atoms with van der Waals surface area (Å²) in [7, 11) is 1.42. The number of hydrogen-bond donors (Lipinski definition) is 0. The molecule has 0 N–H and O–H groups in total. The molecule has 4 nitrogen and oxygen atoms in total. The number of fused-ring (bicyclic) bond motifs is 4. The lowest BCUT2D eigenvalue weighted by atomic mass is 9.81. The van der Waals surface area contributed by atoms with Gasteiger partial charge in [0, 0.05) is 23.8 Å². The van der Waals surface area contributed by atoms with E-state index >= 15 is 0 Å². The molecule has 2 heterocycles. The van der Waals surface area contributed by atoms with Crippen molar-refractivity contribution in [2.75, 3.05) is 7.11 Å². The highest BCUT2D eigenvalue weighted by Crippen LogP contribution is 2.57. The van der Waals surface area contributed by atoms with Crippen molar-refractivity contribution in [1.29, 1.82) is 0 Å². The second-order valence-electron chi connectivity index (χ2n) is 5.99. The van der Waals surface area contributed by atoms with Gasteiger partial charge in [0.15, 0.2) is 0 Å². The molecule has 2 aliphatic carbocycles. The number of carbonyl (C=O) groups is 1.